The molecular weight excluding hydrogens is 333 g/mol. The molecule has 3 rings (SSSR count). The van der Waals surface area contributed by atoms with Crippen molar-refractivity contribution < 1.29 is 0 Å². The van der Waals surface area contributed by atoms with E-state index in [-0.39, 0.29) is 0 Å². The van der Waals surface area contributed by atoms with Crippen molar-refractivity contribution in [3.05, 3.63) is 51.1 Å². The minimum absolute atomic E-state index is 0.864. The molecule has 90 valence electrons. The summed E-state index contributed by atoms with van der Waals surface area (Å²) in [6.07, 6.45) is 0. The van der Waals surface area contributed by atoms with E-state index in [2.05, 4.69) is 72.8 Å². The largest absolute Gasteiger partial charge is 0.398 e. The molecule has 0 aromatic heterocycles. The Morgan fingerprint density at radius 2 is 1.56 bits per heavy atom. The molecule has 2 heteroatoms. The van der Waals surface area contributed by atoms with Gasteiger partial charge < -0.3 is 5.73 Å². The van der Waals surface area contributed by atoms with Gasteiger partial charge >= 0.3 is 0 Å². The summed E-state index contributed by atoms with van der Waals surface area (Å²) < 4.78 is 1.33. The molecule has 0 fully saturated rings. The van der Waals surface area contributed by atoms with Gasteiger partial charge in [-0.1, -0.05) is 24.3 Å². The molecule has 0 spiro atoms. The van der Waals surface area contributed by atoms with Gasteiger partial charge in [0.2, 0.25) is 0 Å². The lowest BCUT2D eigenvalue weighted by Crippen LogP contribution is -1.91. The van der Waals surface area contributed by atoms with Gasteiger partial charge in [0.05, 0.1) is 0 Å². The van der Waals surface area contributed by atoms with Crippen LogP contribution >= 0.6 is 22.6 Å². The molecule has 3 aromatic rings. The maximum absolute atomic E-state index is 5.98. The van der Waals surface area contributed by atoms with E-state index in [0.717, 1.165) is 11.3 Å². The second kappa shape index (κ2) is 4.12. The lowest BCUT2D eigenvalue weighted by molar-refractivity contribution is 1.47. The molecule has 0 radical (unpaired) electrons. The van der Waals surface area contributed by atoms with Gasteiger partial charge in [0, 0.05) is 9.26 Å². The highest BCUT2D eigenvalue weighted by Gasteiger charge is 2.06. The van der Waals surface area contributed by atoms with E-state index in [1.807, 2.05) is 0 Å². The Balaban J connectivity index is 2.54. The van der Waals surface area contributed by atoms with Crippen LogP contribution < -0.4 is 5.73 Å². The third-order valence-electron chi connectivity index (χ3n) is 3.53. The molecule has 0 saturated carbocycles. The molecule has 2 N–H and O–H groups in total. The SMILES string of the molecule is Cc1cc2c(ccc3c(I)c(C)ccc32)cc1N. The lowest BCUT2D eigenvalue weighted by atomic mass is 9.98. The number of nitrogens with two attached hydrogens (primary N) is 1. The van der Waals surface area contributed by atoms with Gasteiger partial charge in [-0.15, -0.1) is 0 Å². The zero-order valence-corrected chi connectivity index (χ0v) is 12.6. The third-order valence-corrected chi connectivity index (χ3v) is 4.96. The normalized spacial score (nSPS) is 11.3. The fourth-order valence-electron chi connectivity index (χ4n) is 2.39. The van der Waals surface area contributed by atoms with E-state index in [1.165, 1.54) is 30.7 Å². The number of benzene rings is 3. The van der Waals surface area contributed by atoms with Gasteiger partial charge in [0.25, 0.3) is 0 Å². The minimum Gasteiger partial charge on any atom is -0.398 e. The first-order chi connectivity index (χ1) is 8.58. The Hall–Kier alpha value is -1.29. The van der Waals surface area contributed by atoms with Gasteiger partial charge in [0.1, 0.15) is 0 Å². The van der Waals surface area contributed by atoms with Crippen molar-refractivity contribution in [2.24, 2.45) is 0 Å². The third kappa shape index (κ3) is 1.67. The van der Waals surface area contributed by atoms with Crippen molar-refractivity contribution in [1.82, 2.24) is 0 Å². The van der Waals surface area contributed by atoms with Crippen molar-refractivity contribution in [2.45, 2.75) is 13.8 Å². The van der Waals surface area contributed by atoms with E-state index in [4.69, 9.17) is 5.73 Å². The molecule has 0 aliphatic rings. The fraction of sp³-hybridized carbons (Fsp3) is 0.125. The van der Waals surface area contributed by atoms with Crippen LogP contribution in [0.15, 0.2) is 36.4 Å². The van der Waals surface area contributed by atoms with E-state index in [0.29, 0.717) is 0 Å². The average Bonchev–Trinajstić information content (AvgIpc) is 2.35. The molecule has 0 aliphatic carbocycles. The number of nitrogen functional groups attached to an aromatic ring is 1. The molecule has 0 amide bonds. The van der Waals surface area contributed by atoms with Crippen LogP contribution in [0.4, 0.5) is 5.69 Å². The van der Waals surface area contributed by atoms with Crippen LogP contribution in [0.5, 0.6) is 0 Å². The Morgan fingerprint density at radius 3 is 2.33 bits per heavy atom. The Morgan fingerprint density at radius 1 is 0.833 bits per heavy atom. The molecule has 1 nitrogen and oxygen atoms in total. The van der Waals surface area contributed by atoms with Crippen molar-refractivity contribution in [2.75, 3.05) is 5.73 Å². The van der Waals surface area contributed by atoms with E-state index in [9.17, 15) is 0 Å². The van der Waals surface area contributed by atoms with E-state index >= 15 is 0 Å². The molecule has 0 bridgehead atoms. The summed E-state index contributed by atoms with van der Waals surface area (Å²) in [6.45, 7) is 4.21. The van der Waals surface area contributed by atoms with Gasteiger partial charge in [-0.2, -0.15) is 0 Å². The summed E-state index contributed by atoms with van der Waals surface area (Å²) in [7, 11) is 0. The van der Waals surface area contributed by atoms with Crippen LogP contribution in [0.25, 0.3) is 21.5 Å². The molecule has 0 heterocycles. The first-order valence-corrected chi connectivity index (χ1v) is 7.03. The lowest BCUT2D eigenvalue weighted by Gasteiger charge is -2.10. The number of rotatable bonds is 0. The summed E-state index contributed by atoms with van der Waals surface area (Å²) >= 11 is 2.43. The Kier molecular flexibility index (Phi) is 2.70. The molecule has 0 unspecified atom stereocenters. The predicted molar refractivity (Wildman–Crippen MR) is 88.1 cm³/mol. The number of fused-ring (bicyclic) bond motifs is 3. The van der Waals surface area contributed by atoms with Gasteiger partial charge in [0.15, 0.2) is 0 Å². The zero-order valence-electron chi connectivity index (χ0n) is 10.4. The van der Waals surface area contributed by atoms with Crippen LogP contribution in [0.3, 0.4) is 0 Å². The maximum Gasteiger partial charge on any atom is 0.0350 e. The molecule has 0 saturated heterocycles. The van der Waals surface area contributed by atoms with Crippen LogP contribution in [0.1, 0.15) is 11.1 Å². The summed E-state index contributed by atoms with van der Waals surface area (Å²) in [6, 6.07) is 13.0. The Labute approximate surface area is 120 Å². The van der Waals surface area contributed by atoms with Gasteiger partial charge in [-0.05, 0) is 81.2 Å². The second-order valence-corrected chi connectivity index (χ2v) is 5.87. The van der Waals surface area contributed by atoms with Crippen molar-refractivity contribution in [3.8, 4) is 0 Å². The zero-order chi connectivity index (χ0) is 12.9. The van der Waals surface area contributed by atoms with Gasteiger partial charge in [-0.25, -0.2) is 0 Å². The Bertz CT molecular complexity index is 775. The van der Waals surface area contributed by atoms with Gasteiger partial charge in [-0.3, -0.25) is 0 Å². The highest BCUT2D eigenvalue weighted by atomic mass is 127. The monoisotopic (exact) mass is 347 g/mol. The molecule has 0 atom stereocenters. The molecular formula is C16H14IN. The predicted octanol–water partition coefficient (Wildman–Crippen LogP) is 4.80. The van der Waals surface area contributed by atoms with Crippen molar-refractivity contribution in [1.29, 1.82) is 0 Å². The molecule has 0 aliphatic heterocycles. The number of aryl methyl sites for hydroxylation is 2. The number of halogens is 1. The van der Waals surface area contributed by atoms with Crippen LogP contribution in [0, 0.1) is 17.4 Å². The fourth-order valence-corrected chi connectivity index (χ4v) is 3.04. The average molecular weight is 347 g/mol. The number of anilines is 1. The first-order valence-electron chi connectivity index (χ1n) is 5.95. The summed E-state index contributed by atoms with van der Waals surface area (Å²) in [5, 5.41) is 5.14. The van der Waals surface area contributed by atoms with Crippen molar-refractivity contribution in [3.63, 3.8) is 0 Å². The minimum atomic E-state index is 0.864. The summed E-state index contributed by atoms with van der Waals surface area (Å²) in [5.41, 5.74) is 9.32. The first kappa shape index (κ1) is 11.8. The standard InChI is InChI=1S/C16H14IN/c1-9-3-5-12-13(16(9)17)6-4-11-8-15(18)10(2)7-14(11)12/h3-8H,18H2,1-2H3. The van der Waals surface area contributed by atoms with Crippen LogP contribution in [-0.2, 0) is 0 Å². The van der Waals surface area contributed by atoms with Crippen LogP contribution in [0.2, 0.25) is 0 Å². The van der Waals surface area contributed by atoms with Crippen LogP contribution in [-0.4, -0.2) is 0 Å². The van der Waals surface area contributed by atoms with Crippen molar-refractivity contribution >= 4 is 49.8 Å². The summed E-state index contributed by atoms with van der Waals surface area (Å²) in [4.78, 5) is 0. The smallest absolute Gasteiger partial charge is 0.0350 e. The maximum atomic E-state index is 5.98. The van der Waals surface area contributed by atoms with E-state index < -0.39 is 0 Å². The highest BCUT2D eigenvalue weighted by molar-refractivity contribution is 14.1. The van der Waals surface area contributed by atoms with E-state index in [1.54, 1.807) is 0 Å². The number of hydrogen-bond donors (Lipinski definition) is 1. The molecule has 18 heavy (non-hydrogen) atoms. The number of hydrogen-bond acceptors (Lipinski definition) is 1. The molecule has 3 aromatic carbocycles. The quantitative estimate of drug-likeness (QED) is 0.353. The summed E-state index contributed by atoms with van der Waals surface area (Å²) in [5.74, 6) is 0. The second-order valence-electron chi connectivity index (χ2n) is 4.79. The highest BCUT2D eigenvalue weighted by Crippen LogP contribution is 2.32. The topological polar surface area (TPSA) is 26.0 Å².